The Bertz CT molecular complexity index is 573. The molecule has 0 aliphatic rings. The lowest BCUT2D eigenvalue weighted by molar-refractivity contribution is 0.415. The van der Waals surface area contributed by atoms with Crippen molar-refractivity contribution in [3.63, 3.8) is 0 Å². The minimum absolute atomic E-state index is 0.150. The van der Waals surface area contributed by atoms with E-state index in [1.807, 2.05) is 11.4 Å². The quantitative estimate of drug-likeness (QED) is 0.851. The van der Waals surface area contributed by atoms with Crippen molar-refractivity contribution in [3.8, 4) is 5.75 Å². The molecular weight excluding hydrogens is 297 g/mol. The zero-order chi connectivity index (χ0) is 14.5. The SMILES string of the molecule is CCNC(Cc1ccc(F)cc1Cl)c1cc(OC)cs1. The zero-order valence-corrected chi connectivity index (χ0v) is 13.0. The van der Waals surface area contributed by atoms with Crippen LogP contribution in [0.1, 0.15) is 23.4 Å². The Hall–Kier alpha value is -1.10. The molecule has 20 heavy (non-hydrogen) atoms. The summed E-state index contributed by atoms with van der Waals surface area (Å²) in [5.41, 5.74) is 0.936. The number of halogens is 2. The molecule has 0 bridgehead atoms. The first kappa shape index (κ1) is 15.3. The molecule has 1 aromatic carbocycles. The minimum Gasteiger partial charge on any atom is -0.496 e. The van der Waals surface area contributed by atoms with Gasteiger partial charge in [-0.15, -0.1) is 11.3 Å². The van der Waals surface area contributed by atoms with Gasteiger partial charge in [0, 0.05) is 21.3 Å². The number of hydrogen-bond donors (Lipinski definition) is 1. The molecule has 2 rings (SSSR count). The molecule has 2 aromatic rings. The van der Waals surface area contributed by atoms with Crippen molar-refractivity contribution >= 4 is 22.9 Å². The normalized spacial score (nSPS) is 12.4. The molecule has 0 saturated carbocycles. The molecule has 0 spiro atoms. The maximum atomic E-state index is 13.1. The minimum atomic E-state index is -0.309. The Labute approximate surface area is 127 Å². The van der Waals surface area contributed by atoms with Crippen LogP contribution in [0.15, 0.2) is 29.6 Å². The van der Waals surface area contributed by atoms with Gasteiger partial charge in [0.15, 0.2) is 0 Å². The molecule has 2 nitrogen and oxygen atoms in total. The van der Waals surface area contributed by atoms with Gasteiger partial charge in [-0.3, -0.25) is 0 Å². The second kappa shape index (κ2) is 7.07. The smallest absolute Gasteiger partial charge is 0.129 e. The summed E-state index contributed by atoms with van der Waals surface area (Å²) < 4.78 is 18.3. The largest absolute Gasteiger partial charge is 0.496 e. The third-order valence-electron chi connectivity index (χ3n) is 3.06. The average Bonchev–Trinajstić information content (AvgIpc) is 2.90. The molecule has 108 valence electrons. The van der Waals surface area contributed by atoms with Gasteiger partial charge < -0.3 is 10.1 Å². The maximum absolute atomic E-state index is 13.1. The molecule has 1 heterocycles. The lowest BCUT2D eigenvalue weighted by Gasteiger charge is -2.17. The van der Waals surface area contributed by atoms with Gasteiger partial charge in [0.1, 0.15) is 11.6 Å². The number of rotatable bonds is 6. The number of methoxy groups -OCH3 is 1. The number of benzene rings is 1. The van der Waals surface area contributed by atoms with Gasteiger partial charge in [-0.1, -0.05) is 24.6 Å². The molecule has 0 saturated heterocycles. The van der Waals surface area contributed by atoms with Gasteiger partial charge in [0.2, 0.25) is 0 Å². The molecule has 0 aliphatic carbocycles. The van der Waals surface area contributed by atoms with Crippen molar-refractivity contribution in [2.24, 2.45) is 0 Å². The molecule has 0 radical (unpaired) electrons. The second-order valence-corrected chi connectivity index (χ2v) is 5.79. The van der Waals surface area contributed by atoms with Gasteiger partial charge in [0.05, 0.1) is 7.11 Å². The number of ether oxygens (including phenoxy) is 1. The number of likely N-dealkylation sites (N-methyl/N-ethyl adjacent to an activating group) is 1. The fourth-order valence-electron chi connectivity index (χ4n) is 2.05. The molecule has 0 amide bonds. The Morgan fingerprint density at radius 1 is 1.40 bits per heavy atom. The molecule has 0 fully saturated rings. The van der Waals surface area contributed by atoms with E-state index in [1.54, 1.807) is 24.5 Å². The molecule has 1 atom stereocenters. The highest BCUT2D eigenvalue weighted by Gasteiger charge is 2.16. The van der Waals surface area contributed by atoms with Crippen LogP contribution in [-0.2, 0) is 6.42 Å². The zero-order valence-electron chi connectivity index (χ0n) is 11.5. The van der Waals surface area contributed by atoms with Gasteiger partial charge >= 0.3 is 0 Å². The fourth-order valence-corrected chi connectivity index (χ4v) is 3.23. The maximum Gasteiger partial charge on any atom is 0.129 e. The third-order valence-corrected chi connectivity index (χ3v) is 4.44. The third kappa shape index (κ3) is 3.72. The Morgan fingerprint density at radius 3 is 2.80 bits per heavy atom. The van der Waals surface area contributed by atoms with Crippen LogP contribution < -0.4 is 10.1 Å². The first-order valence-corrected chi connectivity index (χ1v) is 7.69. The molecule has 1 N–H and O–H groups in total. The van der Waals surface area contributed by atoms with E-state index in [0.29, 0.717) is 5.02 Å². The van der Waals surface area contributed by atoms with Gasteiger partial charge in [-0.05, 0) is 36.7 Å². The van der Waals surface area contributed by atoms with Crippen molar-refractivity contribution in [1.82, 2.24) is 5.32 Å². The second-order valence-electron chi connectivity index (χ2n) is 4.44. The molecule has 0 aliphatic heterocycles. The van der Waals surface area contributed by atoms with E-state index in [-0.39, 0.29) is 11.9 Å². The molecule has 1 unspecified atom stereocenters. The highest BCUT2D eigenvalue weighted by Crippen LogP contribution is 2.30. The van der Waals surface area contributed by atoms with Crippen LogP contribution in [0.25, 0.3) is 0 Å². The highest BCUT2D eigenvalue weighted by molar-refractivity contribution is 7.10. The molecular formula is C15H17ClFNOS. The van der Waals surface area contributed by atoms with E-state index in [2.05, 4.69) is 12.2 Å². The van der Waals surface area contributed by atoms with Crippen molar-refractivity contribution < 1.29 is 9.13 Å². The summed E-state index contributed by atoms with van der Waals surface area (Å²) in [5.74, 6) is 0.551. The van der Waals surface area contributed by atoms with Crippen molar-refractivity contribution in [3.05, 3.63) is 50.9 Å². The van der Waals surface area contributed by atoms with Crippen LogP contribution in [-0.4, -0.2) is 13.7 Å². The van der Waals surface area contributed by atoms with Crippen LogP contribution in [0.2, 0.25) is 5.02 Å². The van der Waals surface area contributed by atoms with E-state index in [0.717, 1.165) is 24.3 Å². The monoisotopic (exact) mass is 313 g/mol. The summed E-state index contributed by atoms with van der Waals surface area (Å²) in [7, 11) is 1.66. The van der Waals surface area contributed by atoms with Crippen molar-refractivity contribution in [2.75, 3.05) is 13.7 Å². The predicted octanol–water partition coefficient (Wildman–Crippen LogP) is 4.44. The lowest BCUT2D eigenvalue weighted by Crippen LogP contribution is -2.22. The summed E-state index contributed by atoms with van der Waals surface area (Å²) >= 11 is 7.75. The number of hydrogen-bond acceptors (Lipinski definition) is 3. The van der Waals surface area contributed by atoms with Crippen LogP contribution in [0, 0.1) is 5.82 Å². The Balaban J connectivity index is 2.20. The van der Waals surface area contributed by atoms with Crippen molar-refractivity contribution in [2.45, 2.75) is 19.4 Å². The first-order chi connectivity index (χ1) is 9.63. The Morgan fingerprint density at radius 2 is 2.20 bits per heavy atom. The number of thiophene rings is 1. The lowest BCUT2D eigenvalue weighted by atomic mass is 10.0. The van der Waals surface area contributed by atoms with Crippen molar-refractivity contribution in [1.29, 1.82) is 0 Å². The van der Waals surface area contributed by atoms with E-state index in [4.69, 9.17) is 16.3 Å². The summed E-state index contributed by atoms with van der Waals surface area (Å²) in [4.78, 5) is 1.18. The standard InChI is InChI=1S/C15H17ClFNOS/c1-3-18-14(15-8-12(19-2)9-20-15)6-10-4-5-11(17)7-13(10)16/h4-5,7-9,14,18H,3,6H2,1-2H3. The summed E-state index contributed by atoms with van der Waals surface area (Å²) in [6.45, 7) is 2.91. The topological polar surface area (TPSA) is 21.3 Å². The summed E-state index contributed by atoms with van der Waals surface area (Å²) in [5, 5.41) is 5.88. The van der Waals surface area contributed by atoms with E-state index in [9.17, 15) is 4.39 Å². The summed E-state index contributed by atoms with van der Waals surface area (Å²) in [6.07, 6.45) is 0.719. The van der Waals surface area contributed by atoms with Crippen LogP contribution in [0.4, 0.5) is 4.39 Å². The first-order valence-electron chi connectivity index (χ1n) is 6.43. The van der Waals surface area contributed by atoms with Crippen LogP contribution >= 0.6 is 22.9 Å². The van der Waals surface area contributed by atoms with Crippen LogP contribution in [0.5, 0.6) is 5.75 Å². The van der Waals surface area contributed by atoms with E-state index < -0.39 is 0 Å². The van der Waals surface area contributed by atoms with Gasteiger partial charge in [-0.2, -0.15) is 0 Å². The Kier molecular flexibility index (Phi) is 5.40. The van der Waals surface area contributed by atoms with Crippen LogP contribution in [0.3, 0.4) is 0 Å². The molecule has 5 heteroatoms. The fraction of sp³-hybridized carbons (Fsp3) is 0.333. The average molecular weight is 314 g/mol. The summed E-state index contributed by atoms with van der Waals surface area (Å²) in [6, 6.07) is 6.72. The predicted molar refractivity (Wildman–Crippen MR) is 82.4 cm³/mol. The van der Waals surface area contributed by atoms with E-state index in [1.165, 1.54) is 17.0 Å². The molecule has 1 aromatic heterocycles. The number of nitrogens with one attached hydrogen (secondary N) is 1. The van der Waals surface area contributed by atoms with E-state index >= 15 is 0 Å². The van der Waals surface area contributed by atoms with Gasteiger partial charge in [-0.25, -0.2) is 4.39 Å². The highest BCUT2D eigenvalue weighted by atomic mass is 35.5. The van der Waals surface area contributed by atoms with Gasteiger partial charge in [0.25, 0.3) is 0 Å².